The summed E-state index contributed by atoms with van der Waals surface area (Å²) >= 11 is 0. The fraction of sp³-hybridized carbons (Fsp3) is 0.316. The first-order chi connectivity index (χ1) is 10.6. The van der Waals surface area contributed by atoms with Crippen LogP contribution in [0.15, 0.2) is 42.5 Å². The van der Waals surface area contributed by atoms with Gasteiger partial charge >= 0.3 is 0 Å². The highest BCUT2D eigenvalue weighted by molar-refractivity contribution is 6.10. The van der Waals surface area contributed by atoms with E-state index in [4.69, 9.17) is 0 Å². The number of carbonyl (C=O) groups is 1. The van der Waals surface area contributed by atoms with Crippen LogP contribution in [0, 0.1) is 0 Å². The van der Waals surface area contributed by atoms with Gasteiger partial charge in [-0.25, -0.2) is 0 Å². The largest absolute Gasteiger partial charge is 0.352 e. The minimum Gasteiger partial charge on any atom is -0.352 e. The van der Waals surface area contributed by atoms with E-state index < -0.39 is 0 Å². The molecule has 114 valence electrons. The number of amides is 1. The molecule has 2 aromatic carbocycles. The van der Waals surface area contributed by atoms with Crippen molar-refractivity contribution < 1.29 is 4.79 Å². The third-order valence-corrected chi connectivity index (χ3v) is 4.02. The molecule has 0 bridgehead atoms. The molecule has 0 unspecified atom stereocenters. The van der Waals surface area contributed by atoms with Crippen molar-refractivity contribution in [2.24, 2.45) is 0 Å². The van der Waals surface area contributed by atoms with Gasteiger partial charge in [-0.2, -0.15) is 0 Å². The monoisotopic (exact) mass is 294 g/mol. The average molecular weight is 294 g/mol. The molecule has 1 aromatic heterocycles. The first-order valence-electron chi connectivity index (χ1n) is 7.94. The van der Waals surface area contributed by atoms with Crippen molar-refractivity contribution in [3.05, 3.63) is 48.0 Å². The third kappa shape index (κ3) is 2.37. The summed E-state index contributed by atoms with van der Waals surface area (Å²) in [6.45, 7) is 7.14. The van der Waals surface area contributed by atoms with Crippen LogP contribution in [0.3, 0.4) is 0 Å². The summed E-state index contributed by atoms with van der Waals surface area (Å²) in [4.78, 5) is 12.2. The Labute approximate surface area is 130 Å². The Bertz CT molecular complexity index is 830. The van der Waals surface area contributed by atoms with Gasteiger partial charge in [0.05, 0.1) is 0 Å². The van der Waals surface area contributed by atoms with Crippen molar-refractivity contribution in [1.29, 1.82) is 0 Å². The van der Waals surface area contributed by atoms with Gasteiger partial charge in [0.25, 0.3) is 5.91 Å². The molecular weight excluding hydrogens is 272 g/mol. The van der Waals surface area contributed by atoms with Crippen LogP contribution in [0.25, 0.3) is 21.8 Å². The number of benzene rings is 2. The minimum atomic E-state index is 0.00475. The number of hydrogen-bond donors (Lipinski definition) is 1. The van der Waals surface area contributed by atoms with Crippen LogP contribution in [0.2, 0.25) is 0 Å². The average Bonchev–Trinajstić information content (AvgIpc) is 2.86. The van der Waals surface area contributed by atoms with E-state index in [0.29, 0.717) is 12.6 Å². The fourth-order valence-electron chi connectivity index (χ4n) is 3.04. The lowest BCUT2D eigenvalue weighted by molar-refractivity contribution is 0.0954. The van der Waals surface area contributed by atoms with Crippen molar-refractivity contribution in [1.82, 2.24) is 9.88 Å². The highest BCUT2D eigenvalue weighted by Crippen LogP contribution is 2.32. The van der Waals surface area contributed by atoms with E-state index in [1.165, 1.54) is 16.4 Å². The number of aromatic nitrogens is 1. The maximum Gasteiger partial charge on any atom is 0.251 e. The van der Waals surface area contributed by atoms with Gasteiger partial charge < -0.3 is 9.88 Å². The molecule has 1 N–H and O–H groups in total. The van der Waals surface area contributed by atoms with Gasteiger partial charge in [0.1, 0.15) is 0 Å². The van der Waals surface area contributed by atoms with Crippen molar-refractivity contribution in [2.45, 2.75) is 33.2 Å². The van der Waals surface area contributed by atoms with Crippen LogP contribution in [-0.2, 0) is 0 Å². The summed E-state index contributed by atoms with van der Waals surface area (Å²) in [6, 6.07) is 14.8. The van der Waals surface area contributed by atoms with E-state index >= 15 is 0 Å². The molecular formula is C19H22N2O. The van der Waals surface area contributed by atoms with Gasteiger partial charge in [0.15, 0.2) is 0 Å². The molecule has 0 saturated carbocycles. The molecule has 22 heavy (non-hydrogen) atoms. The fourth-order valence-corrected chi connectivity index (χ4v) is 3.04. The van der Waals surface area contributed by atoms with Gasteiger partial charge in [0.2, 0.25) is 0 Å². The first kappa shape index (κ1) is 14.6. The summed E-state index contributed by atoms with van der Waals surface area (Å²) in [7, 11) is 0. The SMILES string of the molecule is CCCNC(=O)c1ccc2c(c1)c1ccccc1n2C(C)C. The molecule has 3 rings (SSSR count). The third-order valence-electron chi connectivity index (χ3n) is 4.02. The zero-order valence-corrected chi connectivity index (χ0v) is 13.4. The number of nitrogens with zero attached hydrogens (tertiary/aromatic N) is 1. The summed E-state index contributed by atoms with van der Waals surface area (Å²) in [5, 5.41) is 5.30. The molecule has 0 saturated heterocycles. The molecule has 1 amide bonds. The molecule has 0 fully saturated rings. The summed E-state index contributed by atoms with van der Waals surface area (Å²) in [5.41, 5.74) is 3.13. The van der Waals surface area contributed by atoms with Gasteiger partial charge in [0, 0.05) is 40.0 Å². The lowest BCUT2D eigenvalue weighted by atomic mass is 10.1. The molecule has 3 heteroatoms. The quantitative estimate of drug-likeness (QED) is 0.754. The minimum absolute atomic E-state index is 0.00475. The number of rotatable bonds is 4. The van der Waals surface area contributed by atoms with E-state index in [9.17, 15) is 4.79 Å². The maximum absolute atomic E-state index is 12.2. The molecule has 0 spiro atoms. The van der Waals surface area contributed by atoms with Gasteiger partial charge in [-0.15, -0.1) is 0 Å². The number of fused-ring (bicyclic) bond motifs is 3. The van der Waals surface area contributed by atoms with E-state index in [1.54, 1.807) is 0 Å². The Morgan fingerprint density at radius 1 is 1.09 bits per heavy atom. The molecule has 0 aliphatic heterocycles. The molecule has 3 nitrogen and oxygen atoms in total. The molecule has 0 aliphatic rings. The van der Waals surface area contributed by atoms with Crippen LogP contribution in [-0.4, -0.2) is 17.0 Å². The standard InChI is InChI=1S/C19H22N2O/c1-4-11-20-19(22)14-9-10-18-16(12-14)15-7-5-6-8-17(15)21(18)13(2)3/h5-10,12-13H,4,11H2,1-3H3,(H,20,22). The Balaban J connectivity index is 2.20. The zero-order valence-electron chi connectivity index (χ0n) is 13.4. The van der Waals surface area contributed by atoms with Crippen LogP contribution in [0.5, 0.6) is 0 Å². The summed E-state index contributed by atoms with van der Waals surface area (Å²) < 4.78 is 2.33. The summed E-state index contributed by atoms with van der Waals surface area (Å²) in [5.74, 6) is 0.00475. The van der Waals surface area contributed by atoms with Crippen LogP contribution in [0.1, 0.15) is 43.6 Å². The second-order valence-electron chi connectivity index (χ2n) is 5.97. The topological polar surface area (TPSA) is 34.0 Å². The lowest BCUT2D eigenvalue weighted by Gasteiger charge is -2.11. The van der Waals surface area contributed by atoms with Crippen molar-refractivity contribution in [2.75, 3.05) is 6.54 Å². The Hall–Kier alpha value is -2.29. The van der Waals surface area contributed by atoms with Gasteiger partial charge in [-0.1, -0.05) is 25.1 Å². The number of para-hydroxylation sites is 1. The van der Waals surface area contributed by atoms with E-state index in [2.05, 4.69) is 61.0 Å². The smallest absolute Gasteiger partial charge is 0.251 e. The normalized spacial score (nSPS) is 11.5. The zero-order chi connectivity index (χ0) is 15.7. The van der Waals surface area contributed by atoms with Crippen molar-refractivity contribution in [3.63, 3.8) is 0 Å². The maximum atomic E-state index is 12.2. The second kappa shape index (κ2) is 5.84. The molecule has 0 radical (unpaired) electrons. The molecule has 0 atom stereocenters. The Kier molecular flexibility index (Phi) is 3.88. The number of hydrogen-bond acceptors (Lipinski definition) is 1. The Morgan fingerprint density at radius 3 is 2.55 bits per heavy atom. The van der Waals surface area contributed by atoms with Gasteiger partial charge in [-0.05, 0) is 44.5 Å². The number of nitrogens with one attached hydrogen (secondary N) is 1. The first-order valence-corrected chi connectivity index (χ1v) is 7.94. The predicted octanol–water partition coefficient (Wildman–Crippen LogP) is 4.52. The van der Waals surface area contributed by atoms with Crippen LogP contribution in [0.4, 0.5) is 0 Å². The molecule has 1 heterocycles. The summed E-state index contributed by atoms with van der Waals surface area (Å²) in [6.07, 6.45) is 0.945. The predicted molar refractivity (Wildman–Crippen MR) is 92.5 cm³/mol. The van der Waals surface area contributed by atoms with Crippen LogP contribution < -0.4 is 5.32 Å². The van der Waals surface area contributed by atoms with E-state index in [0.717, 1.165) is 17.4 Å². The van der Waals surface area contributed by atoms with E-state index in [1.807, 2.05) is 12.1 Å². The van der Waals surface area contributed by atoms with Crippen molar-refractivity contribution >= 4 is 27.7 Å². The Morgan fingerprint density at radius 2 is 1.82 bits per heavy atom. The number of carbonyl (C=O) groups excluding carboxylic acids is 1. The lowest BCUT2D eigenvalue weighted by Crippen LogP contribution is -2.23. The van der Waals surface area contributed by atoms with Gasteiger partial charge in [-0.3, -0.25) is 4.79 Å². The molecule has 0 aliphatic carbocycles. The molecule has 3 aromatic rings. The van der Waals surface area contributed by atoms with E-state index in [-0.39, 0.29) is 5.91 Å². The highest BCUT2D eigenvalue weighted by Gasteiger charge is 2.14. The van der Waals surface area contributed by atoms with Crippen LogP contribution >= 0.6 is 0 Å². The second-order valence-corrected chi connectivity index (χ2v) is 5.97. The van der Waals surface area contributed by atoms with Crippen molar-refractivity contribution in [3.8, 4) is 0 Å². The highest BCUT2D eigenvalue weighted by atomic mass is 16.1.